The van der Waals surface area contributed by atoms with Crippen molar-refractivity contribution in [3.05, 3.63) is 54.1 Å². The molecule has 0 bridgehead atoms. The van der Waals surface area contributed by atoms with Crippen molar-refractivity contribution in [1.82, 2.24) is 5.32 Å². The topological polar surface area (TPSA) is 79.5 Å². The number of carbonyl (C=O) groups is 2. The van der Waals surface area contributed by atoms with Crippen LogP contribution in [0.5, 0.6) is 5.75 Å². The van der Waals surface area contributed by atoms with Gasteiger partial charge in [-0.1, -0.05) is 19.9 Å². The summed E-state index contributed by atoms with van der Waals surface area (Å²) in [6, 6.07) is 14.2. The van der Waals surface area contributed by atoms with Gasteiger partial charge in [0.1, 0.15) is 5.75 Å². The molecule has 3 N–H and O–H groups in total. The maximum absolute atomic E-state index is 12.4. The number of hydrogen-bond donors (Lipinski definition) is 3. The molecule has 27 heavy (non-hydrogen) atoms. The fourth-order valence-corrected chi connectivity index (χ4v) is 2.41. The van der Waals surface area contributed by atoms with Crippen LogP contribution in [-0.2, 0) is 0 Å². The summed E-state index contributed by atoms with van der Waals surface area (Å²) < 4.78 is 5.67. The molecule has 3 amide bonds. The number of amides is 3. The summed E-state index contributed by atoms with van der Waals surface area (Å²) in [5, 5.41) is 8.49. The number of urea groups is 1. The minimum absolute atomic E-state index is 0.201. The van der Waals surface area contributed by atoms with E-state index in [9.17, 15) is 9.59 Å². The summed E-state index contributed by atoms with van der Waals surface area (Å²) in [5.74, 6) is 0.885. The van der Waals surface area contributed by atoms with E-state index < -0.39 is 0 Å². The van der Waals surface area contributed by atoms with Crippen molar-refractivity contribution in [3.63, 3.8) is 0 Å². The van der Waals surface area contributed by atoms with Gasteiger partial charge < -0.3 is 20.7 Å². The zero-order chi connectivity index (χ0) is 19.2. The summed E-state index contributed by atoms with van der Waals surface area (Å²) in [6.07, 6.45) is 2.09. The van der Waals surface area contributed by atoms with Gasteiger partial charge in [-0.05, 0) is 61.2 Å². The summed E-state index contributed by atoms with van der Waals surface area (Å²) in [6.45, 7) is 4.75. The van der Waals surface area contributed by atoms with Gasteiger partial charge in [-0.25, -0.2) is 4.79 Å². The van der Waals surface area contributed by atoms with Crippen molar-refractivity contribution in [2.24, 2.45) is 5.92 Å². The third-order valence-corrected chi connectivity index (χ3v) is 3.99. The summed E-state index contributed by atoms with van der Waals surface area (Å²) in [4.78, 5) is 24.2. The molecule has 0 radical (unpaired) electrons. The van der Waals surface area contributed by atoms with E-state index in [4.69, 9.17) is 4.74 Å². The van der Waals surface area contributed by atoms with Crippen LogP contribution in [0.3, 0.4) is 0 Å². The molecule has 0 aliphatic heterocycles. The number of anilines is 2. The minimum Gasteiger partial charge on any atom is -0.493 e. The van der Waals surface area contributed by atoms with Crippen molar-refractivity contribution in [2.45, 2.75) is 32.7 Å². The highest BCUT2D eigenvalue weighted by Crippen LogP contribution is 2.20. The Balaban J connectivity index is 1.55. The van der Waals surface area contributed by atoms with E-state index in [0.717, 1.165) is 12.8 Å². The zero-order valence-electron chi connectivity index (χ0n) is 15.6. The lowest BCUT2D eigenvalue weighted by atomic mass is 10.2. The summed E-state index contributed by atoms with van der Waals surface area (Å²) in [5.41, 5.74) is 1.86. The Hall–Kier alpha value is -3.02. The number of carbonyl (C=O) groups excluding carboxylic acids is 2. The predicted molar refractivity (Wildman–Crippen MR) is 106 cm³/mol. The molecule has 142 valence electrons. The number of rotatable bonds is 7. The largest absolute Gasteiger partial charge is 0.493 e. The van der Waals surface area contributed by atoms with E-state index in [1.165, 1.54) is 0 Å². The Morgan fingerprint density at radius 1 is 1.04 bits per heavy atom. The molecule has 3 rings (SSSR count). The van der Waals surface area contributed by atoms with Crippen LogP contribution in [0, 0.1) is 5.92 Å². The van der Waals surface area contributed by atoms with E-state index in [1.54, 1.807) is 42.5 Å². The molecule has 1 fully saturated rings. The first kappa shape index (κ1) is 18.8. The summed E-state index contributed by atoms with van der Waals surface area (Å²) >= 11 is 0. The Morgan fingerprint density at radius 2 is 1.70 bits per heavy atom. The first-order chi connectivity index (χ1) is 13.0. The Labute approximate surface area is 159 Å². The highest BCUT2D eigenvalue weighted by Gasteiger charge is 2.23. The Kier molecular flexibility index (Phi) is 5.96. The second kappa shape index (κ2) is 8.58. The lowest BCUT2D eigenvalue weighted by Crippen LogP contribution is -2.30. The highest BCUT2D eigenvalue weighted by atomic mass is 16.5. The maximum Gasteiger partial charge on any atom is 0.319 e. The lowest BCUT2D eigenvalue weighted by Gasteiger charge is -2.11. The molecular weight excluding hydrogens is 342 g/mol. The van der Waals surface area contributed by atoms with Gasteiger partial charge in [-0.3, -0.25) is 4.79 Å². The smallest absolute Gasteiger partial charge is 0.319 e. The molecule has 0 aromatic heterocycles. The molecule has 0 atom stereocenters. The SMILES string of the molecule is CC(C)COc1cccc(C(=O)Nc2ccc(NC(=O)NC3CC3)cc2)c1. The van der Waals surface area contributed by atoms with Crippen LogP contribution in [0.4, 0.5) is 16.2 Å². The van der Waals surface area contributed by atoms with Crippen LogP contribution < -0.4 is 20.7 Å². The number of ether oxygens (including phenoxy) is 1. The maximum atomic E-state index is 12.4. The van der Waals surface area contributed by atoms with Crippen LogP contribution in [-0.4, -0.2) is 24.6 Å². The van der Waals surface area contributed by atoms with Gasteiger partial charge in [0.25, 0.3) is 5.91 Å². The quantitative estimate of drug-likeness (QED) is 0.684. The van der Waals surface area contributed by atoms with Crippen LogP contribution in [0.1, 0.15) is 37.0 Å². The molecule has 0 saturated heterocycles. The van der Waals surface area contributed by atoms with E-state index in [1.807, 2.05) is 6.07 Å². The van der Waals surface area contributed by atoms with E-state index in [2.05, 4.69) is 29.8 Å². The molecule has 6 heteroatoms. The third-order valence-electron chi connectivity index (χ3n) is 3.99. The molecule has 1 saturated carbocycles. The van der Waals surface area contributed by atoms with Gasteiger partial charge in [-0.15, -0.1) is 0 Å². The molecule has 0 heterocycles. The van der Waals surface area contributed by atoms with Crippen molar-refractivity contribution in [1.29, 1.82) is 0 Å². The molecular formula is C21H25N3O3. The normalized spacial score (nSPS) is 13.1. The second-order valence-corrected chi connectivity index (χ2v) is 7.14. The van der Waals surface area contributed by atoms with Crippen molar-refractivity contribution >= 4 is 23.3 Å². The fraction of sp³-hybridized carbons (Fsp3) is 0.333. The van der Waals surface area contributed by atoms with Gasteiger partial charge in [0, 0.05) is 23.0 Å². The van der Waals surface area contributed by atoms with Crippen LogP contribution >= 0.6 is 0 Å². The Bertz CT molecular complexity index is 799. The number of nitrogens with one attached hydrogen (secondary N) is 3. The van der Waals surface area contributed by atoms with Gasteiger partial charge in [0.05, 0.1) is 6.61 Å². The molecule has 1 aliphatic carbocycles. The standard InChI is InChI=1S/C21H25N3O3/c1-14(2)13-27-19-5-3-4-15(12-19)20(25)22-16-6-8-17(9-7-16)23-21(26)24-18-10-11-18/h3-9,12,14,18H,10-11,13H2,1-2H3,(H,22,25)(H2,23,24,26). The molecule has 0 spiro atoms. The van der Waals surface area contributed by atoms with Gasteiger partial charge in [0.2, 0.25) is 0 Å². The van der Waals surface area contributed by atoms with Crippen molar-refractivity contribution in [3.8, 4) is 5.75 Å². The van der Waals surface area contributed by atoms with Gasteiger partial charge in [-0.2, -0.15) is 0 Å². The van der Waals surface area contributed by atoms with Crippen LogP contribution in [0.15, 0.2) is 48.5 Å². The molecule has 2 aromatic carbocycles. The summed E-state index contributed by atoms with van der Waals surface area (Å²) in [7, 11) is 0. The number of benzene rings is 2. The van der Waals surface area contributed by atoms with Crippen molar-refractivity contribution < 1.29 is 14.3 Å². The van der Waals surface area contributed by atoms with Gasteiger partial charge in [0.15, 0.2) is 0 Å². The lowest BCUT2D eigenvalue weighted by molar-refractivity contribution is 0.102. The van der Waals surface area contributed by atoms with E-state index in [0.29, 0.717) is 41.3 Å². The van der Waals surface area contributed by atoms with Gasteiger partial charge >= 0.3 is 6.03 Å². The molecule has 2 aromatic rings. The molecule has 6 nitrogen and oxygen atoms in total. The Morgan fingerprint density at radius 3 is 2.33 bits per heavy atom. The van der Waals surface area contributed by atoms with Crippen LogP contribution in [0.2, 0.25) is 0 Å². The van der Waals surface area contributed by atoms with E-state index in [-0.39, 0.29) is 11.9 Å². The molecule has 1 aliphatic rings. The first-order valence-corrected chi connectivity index (χ1v) is 9.21. The average molecular weight is 367 g/mol. The first-order valence-electron chi connectivity index (χ1n) is 9.21. The van der Waals surface area contributed by atoms with Crippen LogP contribution in [0.25, 0.3) is 0 Å². The minimum atomic E-state index is -0.211. The highest BCUT2D eigenvalue weighted by molar-refractivity contribution is 6.04. The molecule has 0 unspecified atom stereocenters. The monoisotopic (exact) mass is 367 g/mol. The third kappa shape index (κ3) is 6.02. The van der Waals surface area contributed by atoms with E-state index >= 15 is 0 Å². The zero-order valence-corrected chi connectivity index (χ0v) is 15.6. The van der Waals surface area contributed by atoms with Crippen molar-refractivity contribution in [2.75, 3.05) is 17.2 Å². The second-order valence-electron chi connectivity index (χ2n) is 7.14. The predicted octanol–water partition coefficient (Wildman–Crippen LogP) is 4.26. The average Bonchev–Trinajstić information content (AvgIpc) is 3.45. The fourth-order valence-electron chi connectivity index (χ4n) is 2.41. The number of hydrogen-bond acceptors (Lipinski definition) is 3.